The van der Waals surface area contributed by atoms with Gasteiger partial charge in [0, 0.05) is 42.8 Å². The lowest BCUT2D eigenvalue weighted by atomic mass is 9.70. The second-order valence-electron chi connectivity index (χ2n) is 7.82. The molecule has 0 saturated heterocycles. The van der Waals surface area contributed by atoms with Gasteiger partial charge in [-0.1, -0.05) is 32.0 Å². The third-order valence-electron chi connectivity index (χ3n) is 5.18. The Kier molecular flexibility index (Phi) is 4.09. The SMILES string of the molecule is CC1=C(C#N)[C@@H](c2sc3ccccc3c2Br)C2=C(CC(C)(C)CC2=O)N1. The number of halogens is 1. The molecule has 0 amide bonds. The molecule has 2 aromatic rings. The third kappa shape index (κ3) is 2.64. The van der Waals surface area contributed by atoms with Gasteiger partial charge < -0.3 is 5.32 Å². The molecule has 132 valence electrons. The molecule has 1 aromatic carbocycles. The lowest BCUT2D eigenvalue weighted by Crippen LogP contribution is -2.36. The molecule has 0 bridgehead atoms. The third-order valence-corrected chi connectivity index (χ3v) is 7.53. The Labute approximate surface area is 165 Å². The van der Waals surface area contributed by atoms with Crippen molar-refractivity contribution >= 4 is 43.1 Å². The lowest BCUT2D eigenvalue weighted by molar-refractivity contribution is -0.118. The van der Waals surface area contributed by atoms with Gasteiger partial charge in [0.15, 0.2) is 5.78 Å². The molecule has 1 aliphatic carbocycles. The van der Waals surface area contributed by atoms with Crippen molar-refractivity contribution < 1.29 is 4.79 Å². The fourth-order valence-electron chi connectivity index (χ4n) is 4.06. The standard InChI is InChI=1S/C21H19BrN2OS/c1-11-13(10-23)17(18-14(24-11)8-21(2,3)9-15(18)25)20-19(22)12-6-4-5-7-16(12)26-20/h4-7,17,24H,8-9H2,1-3H3/t17-/m1/s1. The van der Waals surface area contributed by atoms with Crippen LogP contribution < -0.4 is 5.32 Å². The maximum absolute atomic E-state index is 13.1. The fourth-order valence-corrected chi connectivity index (χ4v) is 6.23. The summed E-state index contributed by atoms with van der Waals surface area (Å²) in [7, 11) is 0. The molecule has 26 heavy (non-hydrogen) atoms. The number of benzene rings is 1. The van der Waals surface area contributed by atoms with Crippen LogP contribution in [0.25, 0.3) is 10.1 Å². The van der Waals surface area contributed by atoms with Crippen LogP contribution in [0, 0.1) is 16.7 Å². The molecule has 0 fully saturated rings. The van der Waals surface area contributed by atoms with Crippen LogP contribution in [-0.2, 0) is 4.79 Å². The monoisotopic (exact) mass is 426 g/mol. The van der Waals surface area contributed by atoms with E-state index in [1.54, 1.807) is 11.3 Å². The summed E-state index contributed by atoms with van der Waals surface area (Å²) in [6.45, 7) is 6.18. The molecule has 1 aliphatic heterocycles. The lowest BCUT2D eigenvalue weighted by Gasteiger charge is -2.38. The van der Waals surface area contributed by atoms with E-state index >= 15 is 0 Å². The highest BCUT2D eigenvalue weighted by molar-refractivity contribution is 9.10. The first-order chi connectivity index (χ1) is 12.3. The zero-order chi connectivity index (χ0) is 18.6. The van der Waals surface area contributed by atoms with Gasteiger partial charge in [0.2, 0.25) is 0 Å². The number of carbonyl (C=O) groups is 1. The average Bonchev–Trinajstić information content (AvgIpc) is 2.89. The van der Waals surface area contributed by atoms with Gasteiger partial charge in [0.1, 0.15) is 0 Å². The molecule has 0 saturated carbocycles. The number of nitrogens with zero attached hydrogens (tertiary/aromatic N) is 1. The van der Waals surface area contributed by atoms with Crippen LogP contribution in [0.3, 0.4) is 0 Å². The minimum Gasteiger partial charge on any atom is -0.361 e. The second kappa shape index (κ2) is 6.07. The Morgan fingerprint density at radius 1 is 1.31 bits per heavy atom. The molecular formula is C21H19BrN2OS. The van der Waals surface area contributed by atoms with Crippen molar-refractivity contribution in [1.29, 1.82) is 5.26 Å². The largest absolute Gasteiger partial charge is 0.361 e. The van der Waals surface area contributed by atoms with Gasteiger partial charge in [0.05, 0.1) is 17.6 Å². The number of carbonyl (C=O) groups excluding carboxylic acids is 1. The van der Waals surface area contributed by atoms with Crippen molar-refractivity contribution in [2.45, 2.75) is 39.5 Å². The van der Waals surface area contributed by atoms with E-state index in [0.717, 1.165) is 42.8 Å². The number of nitrogens with one attached hydrogen (secondary N) is 1. The first-order valence-electron chi connectivity index (χ1n) is 8.63. The van der Waals surface area contributed by atoms with E-state index in [4.69, 9.17) is 0 Å². The van der Waals surface area contributed by atoms with Crippen LogP contribution in [-0.4, -0.2) is 5.78 Å². The quantitative estimate of drug-likeness (QED) is 0.627. The van der Waals surface area contributed by atoms with Gasteiger partial charge in [-0.05, 0) is 40.8 Å². The fraction of sp³-hybridized carbons (Fsp3) is 0.333. The van der Waals surface area contributed by atoms with E-state index in [2.05, 4.69) is 53.3 Å². The van der Waals surface area contributed by atoms with Gasteiger partial charge in [-0.25, -0.2) is 0 Å². The maximum atomic E-state index is 13.1. The number of fused-ring (bicyclic) bond motifs is 1. The van der Waals surface area contributed by atoms with E-state index in [1.165, 1.54) is 0 Å². The zero-order valence-electron chi connectivity index (χ0n) is 14.9. The first kappa shape index (κ1) is 17.5. The molecule has 2 aliphatic rings. The van der Waals surface area contributed by atoms with Crippen molar-refractivity contribution in [2.24, 2.45) is 5.41 Å². The van der Waals surface area contributed by atoms with Crippen LogP contribution in [0.2, 0.25) is 0 Å². The van der Waals surface area contributed by atoms with E-state index in [1.807, 2.05) is 19.1 Å². The van der Waals surface area contributed by atoms with Crippen molar-refractivity contribution in [1.82, 2.24) is 5.32 Å². The number of ketones is 1. The Bertz CT molecular complexity index is 1050. The van der Waals surface area contributed by atoms with Crippen LogP contribution in [0.1, 0.15) is 44.4 Å². The van der Waals surface area contributed by atoms with E-state index in [0.29, 0.717) is 12.0 Å². The number of nitriles is 1. The summed E-state index contributed by atoms with van der Waals surface area (Å²) in [5.41, 5.74) is 3.20. The molecule has 0 unspecified atom stereocenters. The Hall–Kier alpha value is -1.90. The van der Waals surface area contributed by atoms with Crippen molar-refractivity contribution in [2.75, 3.05) is 0 Å². The second-order valence-corrected chi connectivity index (χ2v) is 9.69. The minimum atomic E-state index is -0.286. The number of thiophene rings is 1. The minimum absolute atomic E-state index is 0.0602. The predicted molar refractivity (Wildman–Crippen MR) is 109 cm³/mol. The highest BCUT2D eigenvalue weighted by Gasteiger charge is 2.42. The van der Waals surface area contributed by atoms with Gasteiger partial charge in [-0.3, -0.25) is 4.79 Å². The molecule has 3 nitrogen and oxygen atoms in total. The van der Waals surface area contributed by atoms with Crippen LogP contribution in [0.4, 0.5) is 0 Å². The summed E-state index contributed by atoms with van der Waals surface area (Å²) in [6, 6.07) is 10.5. The van der Waals surface area contributed by atoms with E-state index in [9.17, 15) is 10.1 Å². The van der Waals surface area contributed by atoms with Crippen molar-refractivity contribution in [3.05, 3.63) is 56.2 Å². The molecule has 5 heteroatoms. The molecule has 2 heterocycles. The van der Waals surface area contributed by atoms with Crippen molar-refractivity contribution in [3.63, 3.8) is 0 Å². The van der Waals surface area contributed by atoms with Crippen LogP contribution in [0.5, 0.6) is 0 Å². The molecule has 1 atom stereocenters. The summed E-state index contributed by atoms with van der Waals surface area (Å²) in [5, 5.41) is 14.3. The maximum Gasteiger partial charge on any atom is 0.162 e. The summed E-state index contributed by atoms with van der Waals surface area (Å²) in [6.07, 6.45) is 1.34. The molecule has 4 rings (SSSR count). The summed E-state index contributed by atoms with van der Waals surface area (Å²) in [5.74, 6) is -0.134. The van der Waals surface area contributed by atoms with Crippen LogP contribution >= 0.6 is 27.3 Å². The highest BCUT2D eigenvalue weighted by atomic mass is 79.9. The number of hydrogen-bond donors (Lipinski definition) is 1. The molecule has 1 aromatic heterocycles. The average molecular weight is 427 g/mol. The molecule has 1 N–H and O–H groups in total. The molecule has 0 spiro atoms. The smallest absolute Gasteiger partial charge is 0.162 e. The molecular weight excluding hydrogens is 408 g/mol. The van der Waals surface area contributed by atoms with Gasteiger partial charge in [0.25, 0.3) is 0 Å². The predicted octanol–water partition coefficient (Wildman–Crippen LogP) is 5.79. The van der Waals surface area contributed by atoms with Gasteiger partial charge in [-0.2, -0.15) is 5.26 Å². The summed E-state index contributed by atoms with van der Waals surface area (Å²) in [4.78, 5) is 14.1. The topological polar surface area (TPSA) is 52.9 Å². The van der Waals surface area contributed by atoms with Crippen LogP contribution in [0.15, 0.2) is 51.3 Å². The van der Waals surface area contributed by atoms with Crippen molar-refractivity contribution in [3.8, 4) is 6.07 Å². The normalized spacial score (nSPS) is 22.3. The summed E-state index contributed by atoms with van der Waals surface area (Å²) >= 11 is 5.41. The van der Waals surface area contributed by atoms with Gasteiger partial charge >= 0.3 is 0 Å². The van der Waals surface area contributed by atoms with E-state index in [-0.39, 0.29) is 17.1 Å². The number of rotatable bonds is 1. The Morgan fingerprint density at radius 3 is 2.73 bits per heavy atom. The highest BCUT2D eigenvalue weighted by Crippen LogP contribution is 2.51. The van der Waals surface area contributed by atoms with E-state index < -0.39 is 0 Å². The number of allylic oxidation sites excluding steroid dienone is 4. The van der Waals surface area contributed by atoms with Gasteiger partial charge in [-0.15, -0.1) is 11.3 Å². The first-order valence-corrected chi connectivity index (χ1v) is 10.2. The number of dihydropyridines is 1. The Morgan fingerprint density at radius 2 is 2.04 bits per heavy atom. The number of Topliss-reactive ketones (excluding diaryl/α,β-unsaturated/α-hetero) is 1. The zero-order valence-corrected chi connectivity index (χ0v) is 17.3. The Balaban J connectivity index is 1.97. The molecule has 0 radical (unpaired) electrons. The summed E-state index contributed by atoms with van der Waals surface area (Å²) < 4.78 is 2.16. The number of hydrogen-bond acceptors (Lipinski definition) is 4.